The van der Waals surface area contributed by atoms with E-state index < -0.39 is 43.6 Å². The van der Waals surface area contributed by atoms with Gasteiger partial charge in [0.05, 0.1) is 53.2 Å². The number of benzene rings is 1. The number of sulfonamides is 1. The van der Waals surface area contributed by atoms with Crippen LogP contribution in [0.5, 0.6) is 5.75 Å². The highest BCUT2D eigenvalue weighted by Gasteiger charge is 2.41. The molecule has 0 saturated carbocycles. The summed E-state index contributed by atoms with van der Waals surface area (Å²) in [6.45, 7) is 8.71. The summed E-state index contributed by atoms with van der Waals surface area (Å²) in [6.07, 6.45) is 5.58. The average Bonchev–Trinajstić information content (AvgIpc) is 3.77. The van der Waals surface area contributed by atoms with Gasteiger partial charge in [-0.15, -0.1) is 11.3 Å². The number of aromatic nitrogens is 3. The number of hydrogen-bond acceptors (Lipinski definition) is 11. The number of ether oxygens (including phenoxy) is 3. The molecule has 4 atom stereocenters. The van der Waals surface area contributed by atoms with Crippen LogP contribution in [0.2, 0.25) is 0 Å². The van der Waals surface area contributed by atoms with Gasteiger partial charge in [0.1, 0.15) is 28.5 Å². The highest BCUT2D eigenvalue weighted by atomic mass is 32.2. The Morgan fingerprint density at radius 2 is 1.80 bits per heavy atom. The Balaban J connectivity index is 1.54. The minimum absolute atomic E-state index is 0.0500. The van der Waals surface area contributed by atoms with Gasteiger partial charge < -0.3 is 18.6 Å². The number of rotatable bonds is 10. The molecule has 1 N–H and O–H groups in total. The van der Waals surface area contributed by atoms with Crippen molar-refractivity contribution in [3.05, 3.63) is 68.7 Å². The number of hydrogen-bond donors (Lipinski definition) is 1. The lowest BCUT2D eigenvalue weighted by Gasteiger charge is -2.33. The van der Waals surface area contributed by atoms with Crippen molar-refractivity contribution in [1.29, 1.82) is 0 Å². The van der Waals surface area contributed by atoms with E-state index in [1.165, 1.54) is 63.0 Å². The molecule has 15 heteroatoms. The molecule has 2 fully saturated rings. The number of amides is 1. The lowest BCUT2D eigenvalue weighted by molar-refractivity contribution is -0.126. The first-order valence-electron chi connectivity index (χ1n) is 16.2. The molecule has 5 heterocycles. The van der Waals surface area contributed by atoms with Gasteiger partial charge in [0, 0.05) is 5.56 Å². The van der Waals surface area contributed by atoms with Crippen LogP contribution in [0.4, 0.5) is 0 Å². The lowest BCUT2D eigenvalue weighted by Crippen LogP contribution is -2.58. The van der Waals surface area contributed by atoms with Gasteiger partial charge in [-0.1, -0.05) is 18.2 Å². The quantitative estimate of drug-likeness (QED) is 0.245. The maximum atomic E-state index is 14.7. The monoisotopic (exact) mass is 714 g/mol. The molecular weight excluding hydrogens is 673 g/mol. The fourth-order valence-electron chi connectivity index (χ4n) is 6.51. The molecule has 2 bridgehead atoms. The molecule has 1 amide bonds. The zero-order valence-electron chi connectivity index (χ0n) is 28.6. The predicted octanol–water partition coefficient (Wildman–Crippen LogP) is 4.64. The molecule has 49 heavy (non-hydrogen) atoms. The summed E-state index contributed by atoms with van der Waals surface area (Å²) >= 11 is 1.17. The first-order chi connectivity index (χ1) is 23.0. The third kappa shape index (κ3) is 6.37. The van der Waals surface area contributed by atoms with Crippen LogP contribution in [0, 0.1) is 6.92 Å². The molecule has 4 aromatic rings. The maximum Gasteiger partial charge on any atom is 0.333 e. The van der Waals surface area contributed by atoms with E-state index in [4.69, 9.17) is 18.6 Å². The molecule has 0 aliphatic carbocycles. The molecular formula is C34H42N4O9S2. The van der Waals surface area contributed by atoms with E-state index in [0.29, 0.717) is 39.4 Å². The standard InChI is InChI=1S/C34H42N4O9S2/c1-19-26-29(39)38(34(5,6)31(40)36-49(42,43)33(2,3)4)32(41)37(30(26)48-27(19)28-35-14-15-45-28)18-25(23-10-8-9-11-24(23)44-7)47-22-16-20-12-13-21(17-22)46-20/h8-11,14-15,20-22,25H,12-13,16-18H2,1-7H3,(H,36,40)/t20-,21+,22+,25-/m0/s1. The number of methoxy groups -OCH3 is 1. The highest BCUT2D eigenvalue weighted by Crippen LogP contribution is 2.40. The fourth-order valence-corrected chi connectivity index (χ4v) is 8.55. The minimum Gasteiger partial charge on any atom is -0.496 e. The SMILES string of the molecule is COc1ccccc1[C@H](Cn1c(=O)n(C(C)(C)C(=O)NS(=O)(=O)C(C)(C)C)c(=O)c2c(C)c(-c3ncco3)sc21)O[C@H]1C[C@H]2CC[C@@H](C1)O2. The van der Waals surface area contributed by atoms with Gasteiger partial charge in [-0.3, -0.25) is 18.9 Å². The van der Waals surface area contributed by atoms with Crippen molar-refractivity contribution >= 4 is 37.5 Å². The summed E-state index contributed by atoms with van der Waals surface area (Å²) < 4.78 is 53.3. The number of nitrogens with zero attached hydrogens (tertiary/aromatic N) is 3. The lowest BCUT2D eigenvalue weighted by atomic mass is 10.0. The Hall–Kier alpha value is -3.79. The fraction of sp³-hybridized carbons (Fsp3) is 0.529. The van der Waals surface area contributed by atoms with E-state index in [1.54, 1.807) is 14.0 Å². The number of fused-ring (bicyclic) bond motifs is 3. The first-order valence-corrected chi connectivity index (χ1v) is 18.5. The molecule has 2 aliphatic heterocycles. The van der Waals surface area contributed by atoms with E-state index >= 15 is 0 Å². The number of thiophene rings is 1. The largest absolute Gasteiger partial charge is 0.496 e. The van der Waals surface area contributed by atoms with Gasteiger partial charge in [0.2, 0.25) is 15.9 Å². The number of carbonyl (C=O) groups is 1. The zero-order valence-corrected chi connectivity index (χ0v) is 30.3. The van der Waals surface area contributed by atoms with Gasteiger partial charge in [0.25, 0.3) is 11.5 Å². The van der Waals surface area contributed by atoms with E-state index in [9.17, 15) is 22.8 Å². The summed E-state index contributed by atoms with van der Waals surface area (Å²) in [4.78, 5) is 48.0. The topological polar surface area (TPSA) is 161 Å². The van der Waals surface area contributed by atoms with Crippen molar-refractivity contribution in [3.63, 3.8) is 0 Å². The van der Waals surface area contributed by atoms with Gasteiger partial charge in [-0.25, -0.2) is 22.8 Å². The summed E-state index contributed by atoms with van der Waals surface area (Å²) in [7, 11) is -2.61. The Morgan fingerprint density at radius 3 is 2.41 bits per heavy atom. The molecule has 0 radical (unpaired) electrons. The molecule has 1 aromatic carbocycles. The Bertz CT molecular complexity index is 2100. The molecule has 13 nitrogen and oxygen atoms in total. The third-order valence-electron chi connectivity index (χ3n) is 9.42. The Labute approximate surface area is 288 Å². The second-order valence-electron chi connectivity index (χ2n) is 14.1. The summed E-state index contributed by atoms with van der Waals surface area (Å²) in [5.74, 6) is -0.189. The Morgan fingerprint density at radius 1 is 1.12 bits per heavy atom. The summed E-state index contributed by atoms with van der Waals surface area (Å²) in [5, 5.41) is 0.181. The Kier molecular flexibility index (Phi) is 9.18. The maximum absolute atomic E-state index is 14.7. The second-order valence-corrected chi connectivity index (χ2v) is 17.6. The zero-order chi connectivity index (χ0) is 35.5. The number of aryl methyl sites for hydroxylation is 1. The summed E-state index contributed by atoms with van der Waals surface area (Å²) in [6, 6.07) is 7.40. The highest BCUT2D eigenvalue weighted by molar-refractivity contribution is 7.91. The van der Waals surface area contributed by atoms with Crippen molar-refractivity contribution in [2.24, 2.45) is 0 Å². The van der Waals surface area contributed by atoms with Gasteiger partial charge in [-0.2, -0.15) is 0 Å². The van der Waals surface area contributed by atoms with Crippen LogP contribution in [-0.2, 0) is 36.4 Å². The normalized spacial score (nSPS) is 20.4. The second kappa shape index (κ2) is 12.8. The predicted molar refractivity (Wildman–Crippen MR) is 184 cm³/mol. The van der Waals surface area contributed by atoms with Crippen LogP contribution < -0.4 is 20.7 Å². The number of carbonyl (C=O) groups excluding carboxylic acids is 1. The van der Waals surface area contributed by atoms with E-state index in [2.05, 4.69) is 9.71 Å². The van der Waals surface area contributed by atoms with Crippen LogP contribution in [0.1, 0.15) is 77.5 Å². The third-order valence-corrected chi connectivity index (χ3v) is 12.8. The van der Waals surface area contributed by atoms with Crippen molar-refractivity contribution in [1.82, 2.24) is 18.8 Å². The molecule has 2 aliphatic rings. The smallest absolute Gasteiger partial charge is 0.333 e. The van der Waals surface area contributed by atoms with Crippen molar-refractivity contribution in [2.75, 3.05) is 7.11 Å². The van der Waals surface area contributed by atoms with Gasteiger partial charge in [-0.05, 0) is 78.9 Å². The number of oxazole rings is 1. The van der Waals surface area contributed by atoms with Crippen LogP contribution >= 0.6 is 11.3 Å². The van der Waals surface area contributed by atoms with Crippen molar-refractivity contribution < 1.29 is 31.8 Å². The molecule has 6 rings (SSSR count). The first kappa shape index (κ1) is 35.1. The van der Waals surface area contributed by atoms with Crippen molar-refractivity contribution in [3.8, 4) is 16.5 Å². The van der Waals surface area contributed by atoms with E-state index in [0.717, 1.165) is 17.4 Å². The van der Waals surface area contributed by atoms with Gasteiger partial charge >= 0.3 is 5.69 Å². The van der Waals surface area contributed by atoms with Gasteiger partial charge in [0.15, 0.2) is 0 Å². The van der Waals surface area contributed by atoms with Crippen LogP contribution in [0.15, 0.2) is 50.7 Å². The van der Waals surface area contributed by atoms with E-state index in [1.807, 2.05) is 24.3 Å². The number of nitrogens with one attached hydrogen (secondary N) is 1. The van der Waals surface area contributed by atoms with Crippen LogP contribution in [0.3, 0.4) is 0 Å². The summed E-state index contributed by atoms with van der Waals surface area (Å²) in [5.41, 5.74) is -2.27. The minimum atomic E-state index is -4.17. The molecule has 0 spiro atoms. The molecule has 264 valence electrons. The molecule has 2 saturated heterocycles. The molecule has 0 unspecified atom stereocenters. The van der Waals surface area contributed by atoms with Crippen LogP contribution in [-0.4, -0.2) is 58.6 Å². The molecule has 3 aromatic heterocycles. The number of para-hydroxylation sites is 1. The van der Waals surface area contributed by atoms with Crippen LogP contribution in [0.25, 0.3) is 21.0 Å². The average molecular weight is 715 g/mol. The van der Waals surface area contributed by atoms with E-state index in [-0.39, 0.29) is 36.1 Å². The van der Waals surface area contributed by atoms with Crippen molar-refractivity contribution in [2.45, 2.75) is 108 Å².